The summed E-state index contributed by atoms with van der Waals surface area (Å²) >= 11 is 1.79. The summed E-state index contributed by atoms with van der Waals surface area (Å²) in [7, 11) is 0. The van der Waals surface area contributed by atoms with Gasteiger partial charge in [-0.15, -0.1) is 0 Å². The number of nitrogens with one attached hydrogen (secondary N) is 2. The molecule has 18 heavy (non-hydrogen) atoms. The second kappa shape index (κ2) is 4.11. The Kier molecular flexibility index (Phi) is 2.42. The first-order chi connectivity index (χ1) is 8.93. The van der Waals surface area contributed by atoms with Gasteiger partial charge < -0.3 is 10.6 Å². The molecule has 1 fully saturated rings. The Morgan fingerprint density at radius 3 is 2.94 bits per heavy atom. The summed E-state index contributed by atoms with van der Waals surface area (Å²) in [5.74, 6) is 0.675. The standard InChI is InChI=1S/C15H16N2S/c1-2-4-13-11(3-1)15-12(5-7-16-15)14(17-13)10-6-8-18-9-10/h1-4,6,8-9,12,14-17H,5,7H2/t12-,14+,15+/m1/s1. The average Bonchev–Trinajstić information content (AvgIpc) is 3.09. The van der Waals surface area contributed by atoms with Crippen LogP contribution in [0.25, 0.3) is 0 Å². The minimum Gasteiger partial charge on any atom is -0.378 e. The molecule has 2 N–H and O–H groups in total. The average molecular weight is 256 g/mol. The molecule has 2 aliphatic heterocycles. The first kappa shape index (κ1) is 10.6. The van der Waals surface area contributed by atoms with Crippen molar-refractivity contribution in [3.05, 3.63) is 52.2 Å². The highest BCUT2D eigenvalue weighted by Crippen LogP contribution is 2.47. The molecule has 3 atom stereocenters. The number of hydrogen-bond acceptors (Lipinski definition) is 3. The third-order valence-electron chi connectivity index (χ3n) is 4.21. The van der Waals surface area contributed by atoms with Crippen molar-refractivity contribution in [2.75, 3.05) is 11.9 Å². The second-order valence-electron chi connectivity index (χ2n) is 5.15. The highest BCUT2D eigenvalue weighted by Gasteiger charge is 2.39. The van der Waals surface area contributed by atoms with Crippen LogP contribution in [0.4, 0.5) is 5.69 Å². The lowest BCUT2D eigenvalue weighted by molar-refractivity contribution is 0.391. The molecule has 1 aromatic carbocycles. The van der Waals surface area contributed by atoms with Gasteiger partial charge in [-0.1, -0.05) is 18.2 Å². The van der Waals surface area contributed by atoms with E-state index < -0.39 is 0 Å². The number of thiophene rings is 1. The SMILES string of the molecule is c1ccc2c(c1)N[C@@H](c1ccsc1)[C@H]1CCN[C@@H]21. The zero-order valence-corrected chi connectivity index (χ0v) is 10.9. The van der Waals surface area contributed by atoms with E-state index in [4.69, 9.17) is 0 Å². The van der Waals surface area contributed by atoms with Crippen molar-refractivity contribution >= 4 is 17.0 Å². The van der Waals surface area contributed by atoms with Gasteiger partial charge in [0.25, 0.3) is 0 Å². The van der Waals surface area contributed by atoms with Crippen LogP contribution in [-0.2, 0) is 0 Å². The normalized spacial score (nSPS) is 29.4. The van der Waals surface area contributed by atoms with E-state index in [0.29, 0.717) is 18.0 Å². The van der Waals surface area contributed by atoms with Crippen molar-refractivity contribution in [1.82, 2.24) is 5.32 Å². The van der Waals surface area contributed by atoms with Crippen LogP contribution < -0.4 is 10.6 Å². The van der Waals surface area contributed by atoms with Crippen molar-refractivity contribution < 1.29 is 0 Å². The molecule has 2 aliphatic rings. The molecule has 3 heterocycles. The van der Waals surface area contributed by atoms with Gasteiger partial charge in [0, 0.05) is 17.6 Å². The molecular weight excluding hydrogens is 240 g/mol. The van der Waals surface area contributed by atoms with Crippen LogP contribution in [0.15, 0.2) is 41.1 Å². The summed E-state index contributed by atoms with van der Waals surface area (Å²) in [5.41, 5.74) is 4.17. The fourth-order valence-electron chi connectivity index (χ4n) is 3.38. The van der Waals surface area contributed by atoms with Crippen LogP contribution in [0.2, 0.25) is 0 Å². The van der Waals surface area contributed by atoms with E-state index in [1.165, 1.54) is 23.2 Å². The third-order valence-corrected chi connectivity index (χ3v) is 4.91. The van der Waals surface area contributed by atoms with E-state index in [1.807, 2.05) is 0 Å². The third kappa shape index (κ3) is 1.51. The zero-order valence-electron chi connectivity index (χ0n) is 10.1. The van der Waals surface area contributed by atoms with Crippen molar-refractivity contribution in [1.29, 1.82) is 0 Å². The van der Waals surface area contributed by atoms with Gasteiger partial charge in [-0.2, -0.15) is 11.3 Å². The van der Waals surface area contributed by atoms with Gasteiger partial charge in [-0.25, -0.2) is 0 Å². The maximum atomic E-state index is 3.74. The second-order valence-corrected chi connectivity index (χ2v) is 5.93. The molecular formula is C15H16N2S. The van der Waals surface area contributed by atoms with E-state index in [1.54, 1.807) is 11.3 Å². The highest BCUT2D eigenvalue weighted by molar-refractivity contribution is 7.08. The van der Waals surface area contributed by atoms with Crippen molar-refractivity contribution in [2.45, 2.75) is 18.5 Å². The molecule has 0 radical (unpaired) electrons. The molecule has 0 saturated carbocycles. The lowest BCUT2D eigenvalue weighted by atomic mass is 9.81. The first-order valence-corrected chi connectivity index (χ1v) is 7.49. The summed E-state index contributed by atoms with van der Waals surface area (Å²) in [6.45, 7) is 1.13. The Balaban J connectivity index is 1.80. The Bertz CT molecular complexity index is 549. The quantitative estimate of drug-likeness (QED) is 0.815. The van der Waals surface area contributed by atoms with Gasteiger partial charge in [0.05, 0.1) is 6.04 Å². The molecule has 3 heteroatoms. The number of rotatable bonds is 1. The van der Waals surface area contributed by atoms with Gasteiger partial charge in [-0.3, -0.25) is 0 Å². The smallest absolute Gasteiger partial charge is 0.0568 e. The molecule has 0 aliphatic carbocycles. The van der Waals surface area contributed by atoms with E-state index in [-0.39, 0.29) is 0 Å². The molecule has 2 nitrogen and oxygen atoms in total. The topological polar surface area (TPSA) is 24.1 Å². The van der Waals surface area contributed by atoms with Gasteiger partial charge in [0.1, 0.15) is 0 Å². The van der Waals surface area contributed by atoms with Crippen LogP contribution in [0.3, 0.4) is 0 Å². The van der Waals surface area contributed by atoms with Gasteiger partial charge in [0.2, 0.25) is 0 Å². The first-order valence-electron chi connectivity index (χ1n) is 6.54. The van der Waals surface area contributed by atoms with Crippen LogP contribution in [0.5, 0.6) is 0 Å². The number of fused-ring (bicyclic) bond motifs is 3. The van der Waals surface area contributed by atoms with E-state index >= 15 is 0 Å². The summed E-state index contributed by atoms with van der Waals surface area (Å²) in [4.78, 5) is 0. The maximum Gasteiger partial charge on any atom is 0.0568 e. The maximum absolute atomic E-state index is 3.74. The molecule has 4 rings (SSSR count). The van der Waals surface area contributed by atoms with Crippen molar-refractivity contribution in [2.24, 2.45) is 5.92 Å². The molecule has 0 unspecified atom stereocenters. The monoisotopic (exact) mass is 256 g/mol. The van der Waals surface area contributed by atoms with Crippen LogP contribution >= 0.6 is 11.3 Å². The van der Waals surface area contributed by atoms with Crippen molar-refractivity contribution in [3.8, 4) is 0 Å². The lowest BCUT2D eigenvalue weighted by Gasteiger charge is -2.36. The fourth-order valence-corrected chi connectivity index (χ4v) is 4.08. The van der Waals surface area contributed by atoms with Gasteiger partial charge in [0.15, 0.2) is 0 Å². The summed E-state index contributed by atoms with van der Waals surface area (Å²) in [5, 5.41) is 11.9. The highest BCUT2D eigenvalue weighted by atomic mass is 32.1. The molecule has 92 valence electrons. The molecule has 1 saturated heterocycles. The van der Waals surface area contributed by atoms with E-state index in [9.17, 15) is 0 Å². The lowest BCUT2D eigenvalue weighted by Crippen LogP contribution is -2.32. The Morgan fingerprint density at radius 2 is 2.06 bits per heavy atom. The zero-order chi connectivity index (χ0) is 11.9. The summed E-state index contributed by atoms with van der Waals surface area (Å²) in [6, 6.07) is 12.0. The summed E-state index contributed by atoms with van der Waals surface area (Å²) in [6.07, 6.45) is 1.26. The number of hydrogen-bond donors (Lipinski definition) is 2. The molecule has 2 aromatic rings. The fraction of sp³-hybridized carbons (Fsp3) is 0.333. The van der Waals surface area contributed by atoms with Gasteiger partial charge >= 0.3 is 0 Å². The molecule has 1 aromatic heterocycles. The Hall–Kier alpha value is -1.32. The predicted octanol–water partition coefficient (Wildman–Crippen LogP) is 3.57. The Morgan fingerprint density at radius 1 is 1.11 bits per heavy atom. The van der Waals surface area contributed by atoms with Crippen molar-refractivity contribution in [3.63, 3.8) is 0 Å². The largest absolute Gasteiger partial charge is 0.378 e. The predicted molar refractivity (Wildman–Crippen MR) is 76.0 cm³/mol. The Labute approximate surface area is 111 Å². The summed E-state index contributed by atoms with van der Waals surface area (Å²) < 4.78 is 0. The number of para-hydroxylation sites is 1. The van der Waals surface area contributed by atoms with E-state index in [0.717, 1.165) is 6.54 Å². The molecule has 0 amide bonds. The molecule has 0 bridgehead atoms. The van der Waals surface area contributed by atoms with Crippen LogP contribution in [-0.4, -0.2) is 6.54 Å². The number of anilines is 1. The minimum atomic E-state index is 0.464. The van der Waals surface area contributed by atoms with Crippen LogP contribution in [0.1, 0.15) is 29.6 Å². The molecule has 0 spiro atoms. The number of benzene rings is 1. The van der Waals surface area contributed by atoms with E-state index in [2.05, 4.69) is 51.7 Å². The van der Waals surface area contributed by atoms with Gasteiger partial charge in [-0.05, 0) is 47.0 Å². The minimum absolute atomic E-state index is 0.464. The van der Waals surface area contributed by atoms with Crippen LogP contribution in [0, 0.1) is 5.92 Å².